The summed E-state index contributed by atoms with van der Waals surface area (Å²) in [4.78, 5) is 33.8. The number of carbonyl (C=O) groups is 2. The van der Waals surface area contributed by atoms with Crippen molar-refractivity contribution in [3.8, 4) is 0 Å². The molecule has 46 heavy (non-hydrogen) atoms. The van der Waals surface area contributed by atoms with Crippen LogP contribution in [0.15, 0.2) is 90.1 Å². The summed E-state index contributed by atoms with van der Waals surface area (Å²) in [6, 6.07) is 23.0. The van der Waals surface area contributed by atoms with Crippen LogP contribution in [-0.2, 0) is 16.0 Å². The Kier molecular flexibility index (Phi) is 11.3. The summed E-state index contributed by atoms with van der Waals surface area (Å²) in [6.07, 6.45) is 3.88. The molecule has 0 unspecified atom stereocenters. The van der Waals surface area contributed by atoms with Crippen LogP contribution in [0.2, 0.25) is 0 Å². The first kappa shape index (κ1) is 34.4. The van der Waals surface area contributed by atoms with Gasteiger partial charge in [-0.25, -0.2) is 9.18 Å². The highest BCUT2D eigenvalue weighted by Gasteiger charge is 2.36. The third kappa shape index (κ3) is 9.03. The summed E-state index contributed by atoms with van der Waals surface area (Å²) in [5.74, 6) is -0.320. The molecule has 1 fully saturated rings. The second-order valence-electron chi connectivity index (χ2n) is 12.8. The number of halogens is 1. The van der Waals surface area contributed by atoms with E-state index in [-0.39, 0.29) is 11.7 Å². The van der Waals surface area contributed by atoms with Crippen molar-refractivity contribution in [2.45, 2.75) is 72.4 Å². The molecule has 1 atom stereocenters. The Labute approximate surface area is 273 Å². The van der Waals surface area contributed by atoms with Crippen molar-refractivity contribution in [1.82, 2.24) is 9.80 Å². The highest BCUT2D eigenvalue weighted by molar-refractivity contribution is 6.13. The molecule has 6 nitrogen and oxygen atoms in total. The molecule has 0 aromatic heterocycles. The van der Waals surface area contributed by atoms with E-state index >= 15 is 0 Å². The molecular formula is C39H46FN3O3. The maximum absolute atomic E-state index is 14.2. The first-order valence-electron chi connectivity index (χ1n) is 16.0. The Balaban J connectivity index is 1.59. The van der Waals surface area contributed by atoms with Crippen LogP contribution in [0.5, 0.6) is 0 Å². The molecule has 1 saturated heterocycles. The molecule has 4 rings (SSSR count). The fraction of sp³-hybridized carbons (Fsp3) is 0.359. The SMILES string of the molecule is C=C1[C@H](CCN=C(c2ccccc2)c2ccc(/C(C)=C/c3cc(F)cc(CCC)c3)cc2)N(C(=O)OC(C)(C)C)CCN1C(C)=O. The Morgan fingerprint density at radius 3 is 2.26 bits per heavy atom. The van der Waals surface area contributed by atoms with E-state index in [4.69, 9.17) is 9.73 Å². The van der Waals surface area contributed by atoms with Crippen molar-refractivity contribution in [3.63, 3.8) is 0 Å². The molecule has 0 saturated carbocycles. The molecule has 0 aliphatic carbocycles. The van der Waals surface area contributed by atoms with Gasteiger partial charge in [-0.15, -0.1) is 0 Å². The van der Waals surface area contributed by atoms with E-state index in [0.29, 0.717) is 31.8 Å². The Hall–Kier alpha value is -4.52. The third-order valence-corrected chi connectivity index (χ3v) is 7.92. The van der Waals surface area contributed by atoms with Gasteiger partial charge >= 0.3 is 6.09 Å². The van der Waals surface area contributed by atoms with Gasteiger partial charge in [-0.2, -0.15) is 0 Å². The molecule has 2 amide bonds. The van der Waals surface area contributed by atoms with Gasteiger partial charge in [0.05, 0.1) is 11.8 Å². The lowest BCUT2D eigenvalue weighted by atomic mass is 9.97. The molecule has 3 aromatic rings. The van der Waals surface area contributed by atoms with E-state index in [1.165, 1.54) is 6.92 Å². The number of benzene rings is 3. The summed E-state index contributed by atoms with van der Waals surface area (Å²) < 4.78 is 19.9. The molecule has 1 aliphatic rings. The van der Waals surface area contributed by atoms with Crippen LogP contribution in [0, 0.1) is 5.82 Å². The standard InChI is InChI=1S/C39H46FN3O3/c1-8-12-30-24-31(26-35(40)25-30)23-27(2)32-15-17-34(18-16-32)37(33-13-10-9-11-14-33)41-20-19-36-28(3)42(29(4)44)21-22-43(36)38(45)46-39(5,6)7/h9-11,13-18,23-26,36H,3,8,12,19-22H2,1-2,4-7H3/b27-23+,41-37?/t36-/m0/s1. The average molecular weight is 624 g/mol. The molecule has 0 bridgehead atoms. The average Bonchev–Trinajstić information content (AvgIpc) is 2.99. The van der Waals surface area contributed by atoms with E-state index in [9.17, 15) is 14.0 Å². The van der Waals surface area contributed by atoms with Gasteiger partial charge < -0.3 is 9.64 Å². The number of aliphatic imine (C=N–C) groups is 1. The van der Waals surface area contributed by atoms with Crippen molar-refractivity contribution >= 4 is 29.4 Å². The molecule has 1 aliphatic heterocycles. The minimum atomic E-state index is -0.645. The van der Waals surface area contributed by atoms with Gasteiger partial charge in [-0.3, -0.25) is 14.7 Å². The lowest BCUT2D eigenvalue weighted by Crippen LogP contribution is -2.55. The fourth-order valence-corrected chi connectivity index (χ4v) is 5.75. The number of rotatable bonds is 9. The fourth-order valence-electron chi connectivity index (χ4n) is 5.75. The van der Waals surface area contributed by atoms with E-state index in [1.54, 1.807) is 21.9 Å². The number of carbonyl (C=O) groups excluding carboxylic acids is 2. The summed E-state index contributed by atoms with van der Waals surface area (Å²) in [6.45, 7) is 16.5. The van der Waals surface area contributed by atoms with Gasteiger partial charge in [-0.05, 0) is 74.9 Å². The van der Waals surface area contributed by atoms with E-state index < -0.39 is 17.7 Å². The molecule has 0 radical (unpaired) electrons. The van der Waals surface area contributed by atoms with E-state index in [2.05, 4.69) is 37.8 Å². The smallest absolute Gasteiger partial charge is 0.410 e. The minimum absolute atomic E-state index is 0.101. The number of nitrogens with zero attached hydrogens (tertiary/aromatic N) is 3. The minimum Gasteiger partial charge on any atom is -0.444 e. The lowest BCUT2D eigenvalue weighted by Gasteiger charge is -2.42. The maximum atomic E-state index is 14.2. The number of allylic oxidation sites excluding steroid dienone is 1. The highest BCUT2D eigenvalue weighted by atomic mass is 19.1. The lowest BCUT2D eigenvalue weighted by molar-refractivity contribution is -0.129. The van der Waals surface area contributed by atoms with E-state index in [0.717, 1.165) is 51.9 Å². The summed E-state index contributed by atoms with van der Waals surface area (Å²) in [7, 11) is 0. The number of ether oxygens (including phenoxy) is 1. The van der Waals surface area contributed by atoms with Crippen molar-refractivity contribution in [1.29, 1.82) is 0 Å². The maximum Gasteiger partial charge on any atom is 0.410 e. The Morgan fingerprint density at radius 2 is 1.63 bits per heavy atom. The zero-order chi connectivity index (χ0) is 33.4. The molecular weight excluding hydrogens is 577 g/mol. The van der Waals surface area contributed by atoms with Crippen LogP contribution in [0.25, 0.3) is 11.6 Å². The zero-order valence-electron chi connectivity index (χ0n) is 28.0. The second-order valence-corrected chi connectivity index (χ2v) is 12.8. The largest absolute Gasteiger partial charge is 0.444 e. The van der Waals surface area contributed by atoms with Crippen molar-refractivity contribution in [3.05, 3.63) is 119 Å². The summed E-state index contributed by atoms with van der Waals surface area (Å²) in [5, 5.41) is 0. The monoisotopic (exact) mass is 623 g/mol. The van der Waals surface area contributed by atoms with Crippen LogP contribution in [0.1, 0.15) is 82.2 Å². The first-order chi connectivity index (χ1) is 21.9. The first-order valence-corrected chi connectivity index (χ1v) is 16.0. The topological polar surface area (TPSA) is 62.2 Å². The van der Waals surface area contributed by atoms with Gasteiger partial charge in [0.25, 0.3) is 0 Å². The van der Waals surface area contributed by atoms with Gasteiger partial charge in [0.2, 0.25) is 5.91 Å². The van der Waals surface area contributed by atoms with Crippen LogP contribution >= 0.6 is 0 Å². The predicted molar refractivity (Wildman–Crippen MR) is 185 cm³/mol. The number of aryl methyl sites for hydroxylation is 1. The van der Waals surface area contributed by atoms with Crippen LogP contribution < -0.4 is 0 Å². The van der Waals surface area contributed by atoms with Crippen molar-refractivity contribution < 1.29 is 18.7 Å². The highest BCUT2D eigenvalue weighted by Crippen LogP contribution is 2.26. The quantitative estimate of drug-likeness (QED) is 0.177. The van der Waals surface area contributed by atoms with Gasteiger partial charge in [-0.1, -0.05) is 86.7 Å². The normalized spacial score (nSPS) is 16.1. The van der Waals surface area contributed by atoms with E-state index in [1.807, 2.05) is 70.2 Å². The number of hydrogen-bond donors (Lipinski definition) is 0. The third-order valence-electron chi connectivity index (χ3n) is 7.92. The van der Waals surface area contributed by atoms with Crippen molar-refractivity contribution in [2.75, 3.05) is 19.6 Å². The van der Waals surface area contributed by atoms with Crippen molar-refractivity contribution in [2.24, 2.45) is 4.99 Å². The molecule has 0 spiro atoms. The number of piperazine rings is 1. The molecule has 3 aromatic carbocycles. The second kappa shape index (κ2) is 15.2. The molecule has 7 heteroatoms. The molecule has 0 N–H and O–H groups in total. The Morgan fingerprint density at radius 1 is 0.978 bits per heavy atom. The van der Waals surface area contributed by atoms with Crippen LogP contribution in [0.4, 0.5) is 9.18 Å². The summed E-state index contributed by atoms with van der Waals surface area (Å²) >= 11 is 0. The zero-order valence-corrected chi connectivity index (χ0v) is 28.0. The van der Waals surface area contributed by atoms with Gasteiger partial charge in [0, 0.05) is 43.4 Å². The number of amides is 2. The van der Waals surface area contributed by atoms with Gasteiger partial charge in [0.15, 0.2) is 0 Å². The molecule has 1 heterocycles. The predicted octanol–water partition coefficient (Wildman–Crippen LogP) is 8.55. The van der Waals surface area contributed by atoms with Crippen LogP contribution in [0.3, 0.4) is 0 Å². The van der Waals surface area contributed by atoms with Gasteiger partial charge in [0.1, 0.15) is 11.4 Å². The molecule has 242 valence electrons. The van der Waals surface area contributed by atoms with Crippen LogP contribution in [-0.4, -0.2) is 58.8 Å². The number of hydrogen-bond acceptors (Lipinski definition) is 4. The Bertz CT molecular complexity index is 1600. The summed E-state index contributed by atoms with van der Waals surface area (Å²) in [5.41, 5.74) is 6.61.